The van der Waals surface area contributed by atoms with Crippen molar-refractivity contribution in [1.29, 1.82) is 0 Å². The third kappa shape index (κ3) is 5.00. The van der Waals surface area contributed by atoms with Crippen molar-refractivity contribution < 1.29 is 27.8 Å². The van der Waals surface area contributed by atoms with Gasteiger partial charge < -0.3 is 14.6 Å². The Bertz CT molecular complexity index is 584. The maximum atomic E-state index is 12.0. The highest BCUT2D eigenvalue weighted by Gasteiger charge is 2.19. The average molecular weight is 317 g/mol. The number of hydrogen-bond donors (Lipinski definition) is 2. The second-order valence-corrected chi connectivity index (χ2v) is 5.76. The SMILES string of the molecule is CCOCCNS(=O)(=O)c1ccc(OCC)c(C(=O)O)c1. The normalized spacial score (nSPS) is 11.3. The first-order valence-corrected chi connectivity index (χ1v) is 7.98. The molecule has 0 amide bonds. The summed E-state index contributed by atoms with van der Waals surface area (Å²) >= 11 is 0. The largest absolute Gasteiger partial charge is 0.493 e. The van der Waals surface area contributed by atoms with Crippen molar-refractivity contribution in [2.75, 3.05) is 26.4 Å². The number of carbonyl (C=O) groups is 1. The van der Waals surface area contributed by atoms with E-state index in [2.05, 4.69) is 4.72 Å². The number of benzene rings is 1. The molecule has 1 rings (SSSR count). The van der Waals surface area contributed by atoms with Crippen LogP contribution in [0.15, 0.2) is 23.1 Å². The van der Waals surface area contributed by atoms with Gasteiger partial charge >= 0.3 is 5.97 Å². The predicted molar refractivity (Wildman–Crippen MR) is 76.3 cm³/mol. The highest BCUT2D eigenvalue weighted by atomic mass is 32.2. The molecule has 0 saturated heterocycles. The molecule has 7 nitrogen and oxygen atoms in total. The molecule has 8 heteroatoms. The molecule has 0 aliphatic rings. The lowest BCUT2D eigenvalue weighted by Gasteiger charge is -2.10. The number of carboxylic acid groups (broad SMARTS) is 1. The second-order valence-electron chi connectivity index (χ2n) is 3.99. The Balaban J connectivity index is 2.97. The molecule has 0 saturated carbocycles. The molecule has 0 spiro atoms. The molecule has 0 radical (unpaired) electrons. The Labute approximate surface area is 123 Å². The number of nitrogens with one attached hydrogen (secondary N) is 1. The van der Waals surface area contributed by atoms with E-state index in [1.54, 1.807) is 13.8 Å². The fourth-order valence-corrected chi connectivity index (χ4v) is 2.64. The molecule has 21 heavy (non-hydrogen) atoms. The smallest absolute Gasteiger partial charge is 0.339 e. The zero-order valence-electron chi connectivity index (χ0n) is 12.0. The predicted octanol–water partition coefficient (Wildman–Crippen LogP) is 1.10. The van der Waals surface area contributed by atoms with Crippen LogP contribution in [0.3, 0.4) is 0 Å². The number of carboxylic acids is 1. The van der Waals surface area contributed by atoms with Gasteiger partial charge in [-0.1, -0.05) is 0 Å². The topological polar surface area (TPSA) is 102 Å². The Morgan fingerprint density at radius 3 is 2.57 bits per heavy atom. The molecule has 0 aliphatic carbocycles. The number of ether oxygens (including phenoxy) is 2. The fourth-order valence-electron chi connectivity index (χ4n) is 1.60. The average Bonchev–Trinajstić information content (AvgIpc) is 2.44. The van der Waals surface area contributed by atoms with E-state index in [0.717, 1.165) is 6.07 Å². The summed E-state index contributed by atoms with van der Waals surface area (Å²) < 4.78 is 36.6. The van der Waals surface area contributed by atoms with Crippen LogP contribution in [0.4, 0.5) is 0 Å². The summed E-state index contributed by atoms with van der Waals surface area (Å²) in [5.74, 6) is -1.11. The first-order chi connectivity index (χ1) is 9.92. The molecule has 0 fully saturated rings. The summed E-state index contributed by atoms with van der Waals surface area (Å²) in [5, 5.41) is 9.11. The van der Waals surface area contributed by atoms with E-state index in [1.807, 2.05) is 0 Å². The van der Waals surface area contributed by atoms with E-state index in [1.165, 1.54) is 12.1 Å². The second kappa shape index (κ2) is 7.96. The van der Waals surface area contributed by atoms with Gasteiger partial charge in [-0.2, -0.15) is 0 Å². The van der Waals surface area contributed by atoms with Gasteiger partial charge in [0.15, 0.2) is 0 Å². The molecule has 2 N–H and O–H groups in total. The first-order valence-electron chi connectivity index (χ1n) is 6.50. The van der Waals surface area contributed by atoms with Gasteiger partial charge in [0.25, 0.3) is 0 Å². The van der Waals surface area contributed by atoms with Crippen LogP contribution in [0, 0.1) is 0 Å². The monoisotopic (exact) mass is 317 g/mol. The Kier molecular flexibility index (Phi) is 6.60. The van der Waals surface area contributed by atoms with Gasteiger partial charge in [-0.3, -0.25) is 0 Å². The minimum atomic E-state index is -3.78. The van der Waals surface area contributed by atoms with Crippen molar-refractivity contribution >= 4 is 16.0 Å². The van der Waals surface area contributed by atoms with Gasteiger partial charge in [0.05, 0.1) is 18.1 Å². The summed E-state index contributed by atoms with van der Waals surface area (Å²) in [4.78, 5) is 11.0. The molecule has 118 valence electrons. The summed E-state index contributed by atoms with van der Waals surface area (Å²) in [7, 11) is -3.78. The fraction of sp³-hybridized carbons (Fsp3) is 0.462. The van der Waals surface area contributed by atoms with Crippen LogP contribution >= 0.6 is 0 Å². The van der Waals surface area contributed by atoms with Gasteiger partial charge in [-0.15, -0.1) is 0 Å². The zero-order chi connectivity index (χ0) is 15.9. The summed E-state index contributed by atoms with van der Waals surface area (Å²) in [6.45, 7) is 4.67. The van der Waals surface area contributed by atoms with E-state index >= 15 is 0 Å². The molecule has 1 aromatic carbocycles. The summed E-state index contributed by atoms with van der Waals surface area (Å²) in [6.07, 6.45) is 0. The van der Waals surface area contributed by atoms with Crippen LogP contribution < -0.4 is 9.46 Å². The Morgan fingerprint density at radius 2 is 2.00 bits per heavy atom. The molecule has 0 atom stereocenters. The van der Waals surface area contributed by atoms with E-state index in [9.17, 15) is 13.2 Å². The molecule has 0 unspecified atom stereocenters. The first kappa shape index (κ1) is 17.4. The maximum Gasteiger partial charge on any atom is 0.339 e. The Hall–Kier alpha value is -1.64. The van der Waals surface area contributed by atoms with Crippen LogP contribution in [-0.2, 0) is 14.8 Å². The molecular formula is C13H19NO6S. The van der Waals surface area contributed by atoms with Crippen LogP contribution in [0.25, 0.3) is 0 Å². The van der Waals surface area contributed by atoms with Crippen molar-refractivity contribution in [3.8, 4) is 5.75 Å². The molecular weight excluding hydrogens is 298 g/mol. The lowest BCUT2D eigenvalue weighted by atomic mass is 10.2. The number of sulfonamides is 1. The van der Waals surface area contributed by atoms with Gasteiger partial charge in [0.1, 0.15) is 11.3 Å². The third-order valence-corrected chi connectivity index (χ3v) is 3.99. The van der Waals surface area contributed by atoms with E-state index in [4.69, 9.17) is 14.6 Å². The van der Waals surface area contributed by atoms with Crippen LogP contribution in [0.1, 0.15) is 24.2 Å². The molecule has 0 bridgehead atoms. The highest BCUT2D eigenvalue weighted by Crippen LogP contribution is 2.22. The van der Waals surface area contributed by atoms with Crippen molar-refractivity contribution in [1.82, 2.24) is 4.72 Å². The van der Waals surface area contributed by atoms with Crippen LogP contribution in [0.5, 0.6) is 5.75 Å². The lowest BCUT2D eigenvalue weighted by molar-refractivity contribution is 0.0692. The summed E-state index contributed by atoms with van der Waals surface area (Å²) in [5.41, 5.74) is -0.190. The van der Waals surface area contributed by atoms with E-state index in [-0.39, 0.29) is 29.4 Å². The number of hydrogen-bond acceptors (Lipinski definition) is 5. The van der Waals surface area contributed by atoms with Crippen molar-refractivity contribution in [2.45, 2.75) is 18.7 Å². The number of rotatable bonds is 9. The quantitative estimate of drug-likeness (QED) is 0.661. The molecule has 0 aromatic heterocycles. The van der Waals surface area contributed by atoms with Crippen LogP contribution in [0.2, 0.25) is 0 Å². The molecule has 1 aromatic rings. The molecule has 0 aliphatic heterocycles. The zero-order valence-corrected chi connectivity index (χ0v) is 12.8. The van der Waals surface area contributed by atoms with Gasteiger partial charge in [0, 0.05) is 13.2 Å². The third-order valence-electron chi connectivity index (χ3n) is 2.53. The van der Waals surface area contributed by atoms with Crippen molar-refractivity contribution in [3.63, 3.8) is 0 Å². The minimum absolute atomic E-state index is 0.117. The van der Waals surface area contributed by atoms with E-state index < -0.39 is 16.0 Å². The highest BCUT2D eigenvalue weighted by molar-refractivity contribution is 7.89. The van der Waals surface area contributed by atoms with Gasteiger partial charge in [-0.05, 0) is 32.0 Å². The van der Waals surface area contributed by atoms with Gasteiger partial charge in [0.2, 0.25) is 10.0 Å². The van der Waals surface area contributed by atoms with Gasteiger partial charge in [-0.25, -0.2) is 17.9 Å². The standard InChI is InChI=1S/C13H19NO6S/c1-3-19-8-7-14-21(17,18)10-5-6-12(20-4-2)11(9-10)13(15)16/h5-6,9,14H,3-4,7-8H2,1-2H3,(H,15,16). The maximum absolute atomic E-state index is 12.0. The summed E-state index contributed by atoms with van der Waals surface area (Å²) in [6, 6.07) is 3.72. The van der Waals surface area contributed by atoms with Crippen LogP contribution in [-0.4, -0.2) is 45.9 Å². The minimum Gasteiger partial charge on any atom is -0.493 e. The number of aromatic carboxylic acids is 1. The van der Waals surface area contributed by atoms with Crippen molar-refractivity contribution in [3.05, 3.63) is 23.8 Å². The Morgan fingerprint density at radius 1 is 1.29 bits per heavy atom. The van der Waals surface area contributed by atoms with E-state index in [0.29, 0.717) is 13.2 Å². The lowest BCUT2D eigenvalue weighted by Crippen LogP contribution is -2.27. The van der Waals surface area contributed by atoms with Crippen molar-refractivity contribution in [2.24, 2.45) is 0 Å². The molecule has 0 heterocycles.